The summed E-state index contributed by atoms with van der Waals surface area (Å²) in [7, 11) is -1.48. The van der Waals surface area contributed by atoms with E-state index in [9.17, 15) is 18.0 Å². The van der Waals surface area contributed by atoms with Crippen molar-refractivity contribution in [3.63, 3.8) is 0 Å². The number of nitrogens with one attached hydrogen (secondary N) is 1. The Bertz CT molecular complexity index is 1800. The number of carbonyl (C=O) groups excluding carboxylic acids is 2. The first-order valence-corrected chi connectivity index (χ1v) is 17.6. The van der Waals surface area contributed by atoms with Crippen molar-refractivity contribution >= 4 is 27.5 Å². The molecule has 0 fully saturated rings. The van der Waals surface area contributed by atoms with Gasteiger partial charge in [-0.1, -0.05) is 60.2 Å². The van der Waals surface area contributed by atoms with Gasteiger partial charge in [0.05, 0.1) is 31.4 Å². The lowest BCUT2D eigenvalue weighted by Crippen LogP contribution is -2.54. The minimum absolute atomic E-state index is 0.0790. The minimum atomic E-state index is -4.36. The number of carbonyl (C=O) groups is 2. The summed E-state index contributed by atoms with van der Waals surface area (Å²) in [5, 5.41) is 2.97. The second-order valence-corrected chi connectivity index (χ2v) is 13.7. The van der Waals surface area contributed by atoms with Crippen LogP contribution in [0.5, 0.6) is 17.2 Å². The van der Waals surface area contributed by atoms with Gasteiger partial charge in [-0.15, -0.1) is 0 Å². The predicted molar refractivity (Wildman–Crippen MR) is 191 cm³/mol. The summed E-state index contributed by atoms with van der Waals surface area (Å²) >= 11 is 0. The first-order valence-electron chi connectivity index (χ1n) is 16.1. The molecule has 0 radical (unpaired) electrons. The Kier molecular flexibility index (Phi) is 12.7. The molecule has 4 aromatic carbocycles. The van der Waals surface area contributed by atoms with Crippen molar-refractivity contribution in [2.45, 2.75) is 57.6 Å². The Balaban J connectivity index is 1.83. The summed E-state index contributed by atoms with van der Waals surface area (Å²) in [6, 6.07) is 26.7. The van der Waals surface area contributed by atoms with Crippen molar-refractivity contribution in [1.29, 1.82) is 0 Å². The van der Waals surface area contributed by atoms with Crippen LogP contribution in [0.25, 0.3) is 0 Å². The van der Waals surface area contributed by atoms with Gasteiger partial charge in [-0.2, -0.15) is 0 Å². The standard InChI is InChI=1S/C38H45N3O7S/c1-7-48-32-19-17-31(18-20-32)41(49(44,45)33-21-22-35(46-5)36(24-33)47-6)26-37(42)40(25-30-15-13-28(4)14-16-30)34(38(43)39-27(2)3)23-29-11-9-8-10-12-29/h8-22,24,27,34H,7,23,25-26H2,1-6H3,(H,39,43)/t34-/m1/s1. The zero-order valence-corrected chi connectivity index (χ0v) is 29.7. The molecule has 1 atom stereocenters. The molecule has 0 heterocycles. The molecule has 2 amide bonds. The van der Waals surface area contributed by atoms with Crippen LogP contribution in [0, 0.1) is 6.92 Å². The number of benzene rings is 4. The first-order chi connectivity index (χ1) is 23.5. The third-order valence-electron chi connectivity index (χ3n) is 7.83. The van der Waals surface area contributed by atoms with E-state index in [0.29, 0.717) is 18.1 Å². The summed E-state index contributed by atoms with van der Waals surface area (Å²) in [5.74, 6) is 0.230. The topological polar surface area (TPSA) is 114 Å². The number of methoxy groups -OCH3 is 2. The maximum absolute atomic E-state index is 14.7. The van der Waals surface area contributed by atoms with E-state index in [4.69, 9.17) is 14.2 Å². The molecular weight excluding hydrogens is 642 g/mol. The van der Waals surface area contributed by atoms with Gasteiger partial charge in [0.15, 0.2) is 11.5 Å². The molecule has 0 aromatic heterocycles. The summed E-state index contributed by atoms with van der Waals surface area (Å²) in [5.41, 5.74) is 2.94. The molecule has 0 aliphatic rings. The smallest absolute Gasteiger partial charge is 0.264 e. The monoisotopic (exact) mass is 687 g/mol. The van der Waals surface area contributed by atoms with E-state index in [1.807, 2.05) is 82.3 Å². The number of ether oxygens (including phenoxy) is 3. The van der Waals surface area contributed by atoms with E-state index < -0.39 is 28.5 Å². The maximum atomic E-state index is 14.7. The molecule has 49 heavy (non-hydrogen) atoms. The summed E-state index contributed by atoms with van der Waals surface area (Å²) in [6.07, 6.45) is 0.225. The molecule has 0 bridgehead atoms. The molecule has 0 spiro atoms. The van der Waals surface area contributed by atoms with Gasteiger partial charge in [-0.3, -0.25) is 13.9 Å². The third kappa shape index (κ3) is 9.54. The Morgan fingerprint density at radius 2 is 1.47 bits per heavy atom. The van der Waals surface area contributed by atoms with Gasteiger partial charge in [0.25, 0.3) is 10.0 Å². The second-order valence-electron chi connectivity index (χ2n) is 11.8. The van der Waals surface area contributed by atoms with Gasteiger partial charge in [0.1, 0.15) is 18.3 Å². The lowest BCUT2D eigenvalue weighted by molar-refractivity contribution is -0.140. The molecule has 4 rings (SSSR count). The average Bonchev–Trinajstić information content (AvgIpc) is 3.09. The van der Waals surface area contributed by atoms with E-state index in [0.717, 1.165) is 21.0 Å². The third-order valence-corrected chi connectivity index (χ3v) is 9.60. The van der Waals surface area contributed by atoms with Crippen LogP contribution in [0.3, 0.4) is 0 Å². The number of anilines is 1. The zero-order chi connectivity index (χ0) is 35.6. The minimum Gasteiger partial charge on any atom is -0.494 e. The molecule has 0 unspecified atom stereocenters. The Morgan fingerprint density at radius 1 is 0.816 bits per heavy atom. The summed E-state index contributed by atoms with van der Waals surface area (Å²) < 4.78 is 46.3. The number of hydrogen-bond acceptors (Lipinski definition) is 7. The average molecular weight is 688 g/mol. The molecular formula is C38H45N3O7S. The van der Waals surface area contributed by atoms with Gasteiger partial charge in [0.2, 0.25) is 11.8 Å². The Morgan fingerprint density at radius 3 is 2.06 bits per heavy atom. The SMILES string of the molecule is CCOc1ccc(N(CC(=O)N(Cc2ccc(C)cc2)[C@H](Cc2ccccc2)C(=O)NC(C)C)S(=O)(=O)c2ccc(OC)c(OC)c2)cc1. The molecule has 4 aromatic rings. The van der Waals surface area contributed by atoms with Crippen molar-refractivity contribution in [3.8, 4) is 17.2 Å². The summed E-state index contributed by atoms with van der Waals surface area (Å²) in [4.78, 5) is 29.9. The molecule has 260 valence electrons. The largest absolute Gasteiger partial charge is 0.494 e. The van der Waals surface area contributed by atoms with Gasteiger partial charge in [-0.25, -0.2) is 8.42 Å². The van der Waals surface area contributed by atoms with Crippen LogP contribution in [-0.2, 0) is 32.6 Å². The Labute approximate surface area is 289 Å². The molecule has 0 saturated heterocycles. The number of nitrogens with zero attached hydrogens (tertiary/aromatic N) is 2. The van der Waals surface area contributed by atoms with Gasteiger partial charge < -0.3 is 24.4 Å². The van der Waals surface area contributed by atoms with Crippen LogP contribution in [0.15, 0.2) is 102 Å². The second kappa shape index (κ2) is 16.9. The van der Waals surface area contributed by atoms with E-state index in [-0.39, 0.29) is 41.2 Å². The van der Waals surface area contributed by atoms with Gasteiger partial charge >= 0.3 is 0 Å². The van der Waals surface area contributed by atoms with Crippen molar-refractivity contribution in [3.05, 3.63) is 114 Å². The first kappa shape index (κ1) is 36.8. The van der Waals surface area contributed by atoms with Crippen molar-refractivity contribution in [2.24, 2.45) is 0 Å². The highest BCUT2D eigenvalue weighted by atomic mass is 32.2. The molecule has 11 heteroatoms. The van der Waals surface area contributed by atoms with Crippen LogP contribution < -0.4 is 23.8 Å². The van der Waals surface area contributed by atoms with E-state index in [2.05, 4.69) is 5.32 Å². The fraction of sp³-hybridized carbons (Fsp3) is 0.316. The highest BCUT2D eigenvalue weighted by molar-refractivity contribution is 7.92. The van der Waals surface area contributed by atoms with Gasteiger partial charge in [0, 0.05) is 25.1 Å². The number of hydrogen-bond donors (Lipinski definition) is 1. The van der Waals surface area contributed by atoms with Crippen molar-refractivity contribution in [1.82, 2.24) is 10.2 Å². The molecule has 0 saturated carbocycles. The number of amides is 2. The van der Waals surface area contributed by atoms with Crippen molar-refractivity contribution in [2.75, 3.05) is 31.7 Å². The normalized spacial score (nSPS) is 11.8. The lowest BCUT2D eigenvalue weighted by Gasteiger charge is -2.34. The molecule has 0 aliphatic carbocycles. The van der Waals surface area contributed by atoms with Crippen LogP contribution >= 0.6 is 0 Å². The van der Waals surface area contributed by atoms with Crippen LogP contribution in [-0.4, -0.2) is 64.6 Å². The molecule has 0 aliphatic heterocycles. The predicted octanol–water partition coefficient (Wildman–Crippen LogP) is 5.77. The van der Waals surface area contributed by atoms with E-state index >= 15 is 0 Å². The lowest BCUT2D eigenvalue weighted by atomic mass is 10.0. The number of rotatable bonds is 16. The van der Waals surface area contributed by atoms with Crippen molar-refractivity contribution < 1.29 is 32.2 Å². The van der Waals surface area contributed by atoms with E-state index in [1.165, 1.54) is 37.3 Å². The Hall–Kier alpha value is -5.03. The highest BCUT2D eigenvalue weighted by Gasteiger charge is 2.35. The van der Waals surface area contributed by atoms with Crippen LogP contribution in [0.1, 0.15) is 37.5 Å². The molecule has 10 nitrogen and oxygen atoms in total. The maximum Gasteiger partial charge on any atom is 0.264 e. The summed E-state index contributed by atoms with van der Waals surface area (Å²) in [6.45, 7) is 7.45. The highest BCUT2D eigenvalue weighted by Crippen LogP contribution is 2.33. The van der Waals surface area contributed by atoms with Crippen LogP contribution in [0.2, 0.25) is 0 Å². The fourth-order valence-electron chi connectivity index (χ4n) is 5.33. The van der Waals surface area contributed by atoms with Gasteiger partial charge in [-0.05, 0) is 75.2 Å². The molecule has 1 N–H and O–H groups in total. The number of aryl methyl sites for hydroxylation is 1. The number of sulfonamides is 1. The quantitative estimate of drug-likeness (QED) is 0.159. The van der Waals surface area contributed by atoms with E-state index in [1.54, 1.807) is 24.3 Å². The zero-order valence-electron chi connectivity index (χ0n) is 28.9. The fourth-order valence-corrected chi connectivity index (χ4v) is 6.76. The van der Waals surface area contributed by atoms with Crippen LogP contribution in [0.4, 0.5) is 5.69 Å².